The van der Waals surface area contributed by atoms with Crippen LogP contribution in [0, 0.1) is 11.8 Å². The monoisotopic (exact) mass is 141 g/mol. The molecule has 0 aromatic rings. The number of fused-ring (bicyclic) bond motifs is 3. The Morgan fingerprint density at radius 2 is 1.60 bits per heavy atom. The smallest absolute Gasteiger partial charge is 0.0506 e. The highest BCUT2D eigenvalue weighted by Crippen LogP contribution is 2.20. The Balaban J connectivity index is 2.01. The minimum Gasteiger partial charge on any atom is -0.381 e. The van der Waals surface area contributed by atoms with Crippen molar-refractivity contribution in [3.05, 3.63) is 0 Å². The van der Waals surface area contributed by atoms with Crippen molar-refractivity contribution in [2.24, 2.45) is 11.8 Å². The van der Waals surface area contributed by atoms with Crippen molar-refractivity contribution < 1.29 is 4.74 Å². The second-order valence-corrected chi connectivity index (χ2v) is 3.51. The zero-order chi connectivity index (χ0) is 6.81. The molecule has 0 spiro atoms. The fourth-order valence-electron chi connectivity index (χ4n) is 1.85. The number of hydrogen-bond donors (Lipinski definition) is 1. The molecular formula is C8H15NO. The summed E-state index contributed by atoms with van der Waals surface area (Å²) in [6.45, 7) is 4.33. The van der Waals surface area contributed by atoms with Crippen molar-refractivity contribution in [3.63, 3.8) is 0 Å². The van der Waals surface area contributed by atoms with Crippen LogP contribution in [0.5, 0.6) is 0 Å². The summed E-state index contributed by atoms with van der Waals surface area (Å²) in [5.74, 6) is 1.60. The van der Waals surface area contributed by atoms with Crippen LogP contribution >= 0.6 is 0 Å². The topological polar surface area (TPSA) is 21.3 Å². The summed E-state index contributed by atoms with van der Waals surface area (Å²) in [6.07, 6.45) is 2.75. The molecule has 10 heavy (non-hydrogen) atoms. The van der Waals surface area contributed by atoms with Gasteiger partial charge in [0.2, 0.25) is 0 Å². The van der Waals surface area contributed by atoms with Crippen molar-refractivity contribution in [3.8, 4) is 0 Å². The van der Waals surface area contributed by atoms with Crippen LogP contribution in [0.15, 0.2) is 0 Å². The van der Waals surface area contributed by atoms with Crippen LogP contribution in [0.1, 0.15) is 12.8 Å². The predicted octanol–water partition coefficient (Wildman–Crippen LogP) is 0.632. The van der Waals surface area contributed by atoms with E-state index in [1.165, 1.54) is 25.9 Å². The maximum Gasteiger partial charge on any atom is 0.0506 e. The first-order chi connectivity index (χ1) is 4.95. The quantitative estimate of drug-likeness (QED) is 0.534. The number of rotatable bonds is 0. The lowest BCUT2D eigenvalue weighted by atomic mass is 10.0. The minimum atomic E-state index is 0.799. The van der Waals surface area contributed by atoms with Crippen LogP contribution in [-0.4, -0.2) is 26.3 Å². The SMILES string of the molecule is C1CC2CNCC1COC2. The van der Waals surface area contributed by atoms with E-state index in [1.54, 1.807) is 0 Å². The Morgan fingerprint density at radius 1 is 1.00 bits per heavy atom. The van der Waals surface area contributed by atoms with E-state index in [9.17, 15) is 0 Å². The van der Waals surface area contributed by atoms with Crippen LogP contribution in [0.25, 0.3) is 0 Å². The summed E-state index contributed by atoms with van der Waals surface area (Å²) in [5.41, 5.74) is 0. The Hall–Kier alpha value is -0.0800. The van der Waals surface area contributed by atoms with Gasteiger partial charge in [0, 0.05) is 13.1 Å². The number of hydrogen-bond acceptors (Lipinski definition) is 2. The van der Waals surface area contributed by atoms with Gasteiger partial charge in [-0.25, -0.2) is 0 Å². The molecule has 0 aliphatic carbocycles. The Kier molecular flexibility index (Phi) is 1.91. The molecule has 2 aliphatic rings. The summed E-state index contributed by atoms with van der Waals surface area (Å²) >= 11 is 0. The molecule has 1 N–H and O–H groups in total. The van der Waals surface area contributed by atoms with Crippen LogP contribution in [-0.2, 0) is 4.74 Å². The molecule has 2 heterocycles. The zero-order valence-corrected chi connectivity index (χ0v) is 6.31. The molecule has 2 nitrogen and oxygen atoms in total. The van der Waals surface area contributed by atoms with Crippen LogP contribution in [0.3, 0.4) is 0 Å². The van der Waals surface area contributed by atoms with E-state index in [1.807, 2.05) is 0 Å². The van der Waals surface area contributed by atoms with Crippen molar-refractivity contribution >= 4 is 0 Å². The molecule has 2 heteroatoms. The highest BCUT2D eigenvalue weighted by atomic mass is 16.5. The van der Waals surface area contributed by atoms with Gasteiger partial charge in [0.1, 0.15) is 0 Å². The predicted molar refractivity (Wildman–Crippen MR) is 39.9 cm³/mol. The molecule has 0 saturated carbocycles. The summed E-state index contributed by atoms with van der Waals surface area (Å²) < 4.78 is 5.52. The third-order valence-electron chi connectivity index (χ3n) is 2.56. The maximum atomic E-state index is 5.52. The van der Waals surface area contributed by atoms with Crippen LogP contribution < -0.4 is 5.32 Å². The third kappa shape index (κ3) is 1.32. The Bertz CT molecular complexity index is 93.8. The average Bonchev–Trinajstić information content (AvgIpc) is 2.17. The molecule has 0 amide bonds. The first-order valence-electron chi connectivity index (χ1n) is 4.23. The first-order valence-corrected chi connectivity index (χ1v) is 4.23. The van der Waals surface area contributed by atoms with Crippen molar-refractivity contribution in [1.82, 2.24) is 5.32 Å². The molecule has 0 aromatic carbocycles. The normalized spacial score (nSPS) is 40.8. The summed E-state index contributed by atoms with van der Waals surface area (Å²) in [6, 6.07) is 0. The largest absolute Gasteiger partial charge is 0.381 e. The maximum absolute atomic E-state index is 5.52. The van der Waals surface area contributed by atoms with Gasteiger partial charge in [-0.1, -0.05) is 0 Å². The van der Waals surface area contributed by atoms with Gasteiger partial charge in [-0.05, 0) is 24.7 Å². The second-order valence-electron chi connectivity index (χ2n) is 3.51. The van der Waals surface area contributed by atoms with Crippen molar-refractivity contribution in [2.45, 2.75) is 12.8 Å². The number of ether oxygens (including phenoxy) is 1. The van der Waals surface area contributed by atoms with E-state index in [2.05, 4.69) is 5.32 Å². The van der Waals surface area contributed by atoms with Gasteiger partial charge in [-0.2, -0.15) is 0 Å². The molecule has 2 saturated heterocycles. The molecule has 58 valence electrons. The van der Waals surface area contributed by atoms with Gasteiger partial charge >= 0.3 is 0 Å². The summed E-state index contributed by atoms with van der Waals surface area (Å²) in [5, 5.41) is 3.47. The molecule has 2 bridgehead atoms. The van der Waals surface area contributed by atoms with E-state index >= 15 is 0 Å². The standard InChI is InChI=1S/C8H15NO/c1-2-8-4-9-3-7(1)5-10-6-8/h7-9H,1-6H2. The van der Waals surface area contributed by atoms with Gasteiger partial charge in [0.25, 0.3) is 0 Å². The van der Waals surface area contributed by atoms with Gasteiger partial charge in [-0.15, -0.1) is 0 Å². The Morgan fingerprint density at radius 3 is 2.20 bits per heavy atom. The molecule has 0 radical (unpaired) electrons. The molecule has 2 aliphatic heterocycles. The van der Waals surface area contributed by atoms with E-state index in [0.29, 0.717) is 0 Å². The lowest BCUT2D eigenvalue weighted by molar-refractivity contribution is 0.0826. The van der Waals surface area contributed by atoms with Crippen molar-refractivity contribution in [1.29, 1.82) is 0 Å². The van der Waals surface area contributed by atoms with Crippen LogP contribution in [0.4, 0.5) is 0 Å². The zero-order valence-electron chi connectivity index (χ0n) is 6.31. The summed E-state index contributed by atoms with van der Waals surface area (Å²) in [4.78, 5) is 0. The highest BCUT2D eigenvalue weighted by Gasteiger charge is 2.22. The molecule has 2 fully saturated rings. The second kappa shape index (κ2) is 2.89. The highest BCUT2D eigenvalue weighted by molar-refractivity contribution is 4.75. The third-order valence-corrected chi connectivity index (χ3v) is 2.56. The fraction of sp³-hybridized carbons (Fsp3) is 1.00. The number of nitrogens with one attached hydrogen (secondary N) is 1. The molecule has 2 atom stereocenters. The van der Waals surface area contributed by atoms with E-state index in [4.69, 9.17) is 4.74 Å². The molecule has 2 rings (SSSR count). The van der Waals surface area contributed by atoms with E-state index in [0.717, 1.165) is 25.0 Å². The minimum absolute atomic E-state index is 0.799. The van der Waals surface area contributed by atoms with Gasteiger partial charge in [0.05, 0.1) is 13.2 Å². The summed E-state index contributed by atoms with van der Waals surface area (Å²) in [7, 11) is 0. The molecule has 0 aromatic heterocycles. The van der Waals surface area contributed by atoms with Crippen molar-refractivity contribution in [2.75, 3.05) is 26.3 Å². The molecular weight excluding hydrogens is 126 g/mol. The average molecular weight is 141 g/mol. The van der Waals surface area contributed by atoms with E-state index < -0.39 is 0 Å². The lowest BCUT2D eigenvalue weighted by Gasteiger charge is -2.16. The fourth-order valence-corrected chi connectivity index (χ4v) is 1.85. The Labute approximate surface area is 61.9 Å². The van der Waals surface area contributed by atoms with Gasteiger partial charge < -0.3 is 10.1 Å². The first kappa shape index (κ1) is 6.62. The molecule has 2 unspecified atom stereocenters. The van der Waals surface area contributed by atoms with Crippen LogP contribution in [0.2, 0.25) is 0 Å². The van der Waals surface area contributed by atoms with Gasteiger partial charge in [0.15, 0.2) is 0 Å². The van der Waals surface area contributed by atoms with Gasteiger partial charge in [-0.3, -0.25) is 0 Å². The van der Waals surface area contributed by atoms with E-state index in [-0.39, 0.29) is 0 Å². The lowest BCUT2D eigenvalue weighted by Crippen LogP contribution is -2.30.